The summed E-state index contributed by atoms with van der Waals surface area (Å²) < 4.78 is 16.2. The number of hydrogen-bond donors (Lipinski definition) is 1. The summed E-state index contributed by atoms with van der Waals surface area (Å²) in [6.07, 6.45) is 1.03. The van der Waals surface area contributed by atoms with Crippen LogP contribution >= 0.6 is 0 Å². The monoisotopic (exact) mass is 324 g/mol. The number of fused-ring (bicyclic) bond motifs is 2. The molecule has 0 bridgehead atoms. The highest BCUT2D eigenvalue weighted by Gasteiger charge is 2.27. The average molecular weight is 324 g/mol. The molecule has 0 atom stereocenters. The molecule has 6 heteroatoms. The number of benzene rings is 2. The second-order valence-electron chi connectivity index (χ2n) is 5.98. The van der Waals surface area contributed by atoms with Crippen molar-refractivity contribution < 1.29 is 23.9 Å². The fraction of sp³-hybridized carbons (Fsp3) is 0.278. The van der Waals surface area contributed by atoms with Gasteiger partial charge in [0.2, 0.25) is 0 Å². The lowest BCUT2D eigenvalue weighted by atomic mass is 9.78. The van der Waals surface area contributed by atoms with Crippen LogP contribution in [0, 0.1) is 0 Å². The summed E-state index contributed by atoms with van der Waals surface area (Å²) in [5.74, 6) is 1.54. The Morgan fingerprint density at radius 2 is 1.92 bits per heavy atom. The minimum absolute atomic E-state index is 0.0480. The topological polar surface area (TPSA) is 65.0 Å². The van der Waals surface area contributed by atoms with Gasteiger partial charge in [0.25, 0.3) is 0 Å². The Morgan fingerprint density at radius 3 is 2.79 bits per heavy atom. The van der Waals surface area contributed by atoms with Gasteiger partial charge in [0.05, 0.1) is 6.61 Å². The van der Waals surface area contributed by atoms with Gasteiger partial charge in [0.1, 0.15) is 13.2 Å². The first-order chi connectivity index (χ1) is 11.7. The molecule has 1 N–H and O–H groups in total. The molecule has 0 spiro atoms. The highest BCUT2D eigenvalue weighted by molar-refractivity contribution is 6.61. The Hall–Kier alpha value is -2.31. The predicted molar refractivity (Wildman–Crippen MR) is 88.9 cm³/mol. The van der Waals surface area contributed by atoms with Crippen molar-refractivity contribution in [2.75, 3.05) is 13.2 Å². The van der Waals surface area contributed by atoms with Crippen molar-refractivity contribution in [1.29, 1.82) is 0 Å². The molecule has 0 radical (unpaired) electrons. The highest BCUT2D eigenvalue weighted by atomic mass is 16.6. The fourth-order valence-corrected chi connectivity index (χ4v) is 3.03. The third-order valence-corrected chi connectivity index (χ3v) is 4.38. The lowest BCUT2D eigenvalue weighted by molar-refractivity contribution is 0.0983. The van der Waals surface area contributed by atoms with Crippen LogP contribution in [0.2, 0.25) is 0 Å². The maximum absolute atomic E-state index is 12.4. The van der Waals surface area contributed by atoms with E-state index in [2.05, 4.69) is 0 Å². The van der Waals surface area contributed by atoms with Gasteiger partial charge in [-0.3, -0.25) is 4.79 Å². The zero-order chi connectivity index (χ0) is 16.5. The molecule has 122 valence electrons. The van der Waals surface area contributed by atoms with Crippen LogP contribution in [0.25, 0.3) is 0 Å². The van der Waals surface area contributed by atoms with Crippen molar-refractivity contribution in [2.45, 2.75) is 19.4 Å². The first kappa shape index (κ1) is 15.2. The van der Waals surface area contributed by atoms with Gasteiger partial charge in [-0.25, -0.2) is 0 Å². The number of hydrogen-bond acceptors (Lipinski definition) is 5. The van der Waals surface area contributed by atoms with Gasteiger partial charge in [-0.05, 0) is 35.1 Å². The Bertz CT molecular complexity index is 789. The number of ketones is 1. The van der Waals surface area contributed by atoms with Crippen molar-refractivity contribution in [2.24, 2.45) is 0 Å². The molecule has 2 aromatic rings. The van der Waals surface area contributed by atoms with Crippen LogP contribution in [0.1, 0.15) is 27.9 Å². The van der Waals surface area contributed by atoms with E-state index in [4.69, 9.17) is 14.1 Å². The summed E-state index contributed by atoms with van der Waals surface area (Å²) in [7, 11) is -0.925. The smallest absolute Gasteiger partial charge is 0.486 e. The summed E-state index contributed by atoms with van der Waals surface area (Å²) >= 11 is 0. The third-order valence-electron chi connectivity index (χ3n) is 4.38. The second-order valence-corrected chi connectivity index (χ2v) is 5.98. The van der Waals surface area contributed by atoms with Crippen LogP contribution in [-0.4, -0.2) is 31.1 Å². The molecule has 0 aliphatic carbocycles. The molecule has 24 heavy (non-hydrogen) atoms. The van der Waals surface area contributed by atoms with Gasteiger partial charge in [0, 0.05) is 12.0 Å². The number of aryl methyl sites for hydroxylation is 1. The van der Waals surface area contributed by atoms with Gasteiger partial charge in [-0.1, -0.05) is 24.3 Å². The Balaban J connectivity index is 1.44. The zero-order valence-corrected chi connectivity index (χ0v) is 13.2. The van der Waals surface area contributed by atoms with Gasteiger partial charge < -0.3 is 19.2 Å². The molecule has 2 aromatic carbocycles. The molecular formula is C18H17BO5. The van der Waals surface area contributed by atoms with Crippen LogP contribution in [0.15, 0.2) is 36.4 Å². The number of carbonyl (C=O) groups is 1. The fourth-order valence-electron chi connectivity index (χ4n) is 3.03. The number of rotatable bonds is 4. The predicted octanol–water partition coefficient (Wildman–Crippen LogP) is 1.49. The summed E-state index contributed by atoms with van der Waals surface area (Å²) in [5.41, 5.74) is 3.28. The first-order valence-electron chi connectivity index (χ1n) is 8.05. The summed E-state index contributed by atoms with van der Waals surface area (Å²) in [6, 6.07) is 11.2. The minimum Gasteiger partial charge on any atom is -0.486 e. The summed E-state index contributed by atoms with van der Waals surface area (Å²) in [5, 5.41) is 9.75. The van der Waals surface area contributed by atoms with Gasteiger partial charge in [0.15, 0.2) is 17.3 Å². The molecule has 0 saturated carbocycles. The molecule has 4 rings (SSSR count). The zero-order valence-electron chi connectivity index (χ0n) is 13.2. The van der Waals surface area contributed by atoms with Crippen molar-refractivity contribution in [3.63, 3.8) is 0 Å². The van der Waals surface area contributed by atoms with Crippen LogP contribution in [0.5, 0.6) is 11.5 Å². The molecule has 2 aliphatic heterocycles. The standard InChI is InChI=1S/C18H17BO5/c20-16(13-3-4-14-11-24-19(21)15(14)10-13)5-1-12-2-6-17-18(9-12)23-8-7-22-17/h2-4,6,9-10,21H,1,5,7-8,11H2. The van der Waals surface area contributed by atoms with Crippen molar-refractivity contribution >= 4 is 18.4 Å². The molecule has 0 amide bonds. The maximum Gasteiger partial charge on any atom is 0.491 e. The molecule has 0 fully saturated rings. The Labute approximate surface area is 140 Å². The summed E-state index contributed by atoms with van der Waals surface area (Å²) in [6.45, 7) is 1.51. The van der Waals surface area contributed by atoms with E-state index in [1.807, 2.05) is 24.3 Å². The van der Waals surface area contributed by atoms with Gasteiger partial charge in [-0.2, -0.15) is 0 Å². The van der Waals surface area contributed by atoms with Crippen molar-refractivity contribution in [3.05, 3.63) is 53.1 Å². The largest absolute Gasteiger partial charge is 0.491 e. The van der Waals surface area contributed by atoms with E-state index < -0.39 is 7.12 Å². The van der Waals surface area contributed by atoms with Gasteiger partial charge >= 0.3 is 7.12 Å². The molecular weight excluding hydrogens is 307 g/mol. The minimum atomic E-state index is -0.925. The van der Waals surface area contributed by atoms with E-state index in [1.165, 1.54) is 0 Å². The lowest BCUT2D eigenvalue weighted by Gasteiger charge is -2.18. The SMILES string of the molecule is O=C(CCc1ccc2c(c1)OCCO2)c1ccc2c(c1)B(O)OC2. The number of Topliss-reactive ketones (excluding diaryl/α,β-unsaturated/α-hetero) is 1. The quantitative estimate of drug-likeness (QED) is 0.682. The maximum atomic E-state index is 12.4. The Morgan fingerprint density at radius 1 is 1.08 bits per heavy atom. The van der Waals surface area contributed by atoms with E-state index in [1.54, 1.807) is 12.1 Å². The third kappa shape index (κ3) is 2.90. The molecule has 2 heterocycles. The molecule has 0 aromatic heterocycles. The molecule has 0 unspecified atom stereocenters. The lowest BCUT2D eigenvalue weighted by Crippen LogP contribution is -2.28. The van der Waals surface area contributed by atoms with E-state index in [-0.39, 0.29) is 5.78 Å². The van der Waals surface area contributed by atoms with Crippen molar-refractivity contribution in [1.82, 2.24) is 0 Å². The van der Waals surface area contributed by atoms with E-state index in [0.29, 0.717) is 43.7 Å². The van der Waals surface area contributed by atoms with Crippen LogP contribution < -0.4 is 14.9 Å². The normalized spacial score (nSPS) is 15.3. The Kier molecular flexibility index (Phi) is 4.00. The van der Waals surface area contributed by atoms with E-state index in [0.717, 1.165) is 22.6 Å². The second kappa shape index (κ2) is 6.30. The number of carbonyl (C=O) groups excluding carboxylic acids is 1. The molecule has 0 saturated heterocycles. The van der Waals surface area contributed by atoms with Crippen LogP contribution in [-0.2, 0) is 17.7 Å². The van der Waals surface area contributed by atoms with Crippen LogP contribution in [0.3, 0.4) is 0 Å². The van der Waals surface area contributed by atoms with Crippen LogP contribution in [0.4, 0.5) is 0 Å². The number of ether oxygens (including phenoxy) is 2. The van der Waals surface area contributed by atoms with Gasteiger partial charge in [-0.15, -0.1) is 0 Å². The van der Waals surface area contributed by atoms with E-state index >= 15 is 0 Å². The first-order valence-corrected chi connectivity index (χ1v) is 8.05. The highest BCUT2D eigenvalue weighted by Crippen LogP contribution is 2.31. The average Bonchev–Trinajstić information content (AvgIpc) is 3.00. The summed E-state index contributed by atoms with van der Waals surface area (Å²) in [4.78, 5) is 12.4. The van der Waals surface area contributed by atoms with Crippen molar-refractivity contribution in [3.8, 4) is 11.5 Å². The molecule has 2 aliphatic rings. The molecule has 5 nitrogen and oxygen atoms in total. The van der Waals surface area contributed by atoms with E-state index in [9.17, 15) is 9.82 Å².